The fourth-order valence-electron chi connectivity index (χ4n) is 2.88. The number of hydrogen-bond acceptors (Lipinski definition) is 2. The van der Waals surface area contributed by atoms with Crippen LogP contribution in [-0.4, -0.2) is 36.0 Å². The van der Waals surface area contributed by atoms with Gasteiger partial charge in [-0.15, -0.1) is 0 Å². The van der Waals surface area contributed by atoms with E-state index in [1.165, 1.54) is 0 Å². The Balaban J connectivity index is 1.91. The van der Waals surface area contributed by atoms with Crippen molar-refractivity contribution in [3.05, 3.63) is 35.4 Å². The van der Waals surface area contributed by atoms with Crippen molar-refractivity contribution < 1.29 is 18.4 Å². The predicted octanol–water partition coefficient (Wildman–Crippen LogP) is 2.73. The molecule has 1 heterocycles. The van der Waals surface area contributed by atoms with Crippen molar-refractivity contribution in [1.29, 1.82) is 0 Å². The van der Waals surface area contributed by atoms with Crippen molar-refractivity contribution in [3.8, 4) is 0 Å². The molecule has 1 fully saturated rings. The van der Waals surface area contributed by atoms with Crippen molar-refractivity contribution in [2.45, 2.75) is 45.2 Å². The Kier molecular flexibility index (Phi) is 6.11. The zero-order valence-corrected chi connectivity index (χ0v) is 13.9. The maximum Gasteiger partial charge on any atom is 0.315 e. The van der Waals surface area contributed by atoms with Gasteiger partial charge in [0.25, 0.3) is 0 Å². The van der Waals surface area contributed by atoms with Gasteiger partial charge in [-0.3, -0.25) is 4.79 Å². The van der Waals surface area contributed by atoms with Crippen LogP contribution in [0, 0.1) is 11.6 Å². The molecule has 2 N–H and O–H groups in total. The quantitative estimate of drug-likeness (QED) is 0.837. The van der Waals surface area contributed by atoms with E-state index in [2.05, 4.69) is 10.6 Å². The standard InChI is InChI=1S/C17H23F2N3O2/c1-3-15(13-9-12(18)6-7-14(13)19)21-17(24)20-11(2)10-22-8-4-5-16(22)23/h6-7,9,11,15H,3-5,8,10H2,1-2H3,(H2,20,21,24). The second-order valence-corrected chi connectivity index (χ2v) is 6.09. The molecule has 0 aliphatic carbocycles. The Morgan fingerprint density at radius 3 is 2.71 bits per heavy atom. The van der Waals surface area contributed by atoms with Crippen molar-refractivity contribution in [2.75, 3.05) is 13.1 Å². The summed E-state index contributed by atoms with van der Waals surface area (Å²) < 4.78 is 27.2. The number of urea groups is 1. The first-order chi connectivity index (χ1) is 11.4. The van der Waals surface area contributed by atoms with Crippen molar-refractivity contribution in [1.82, 2.24) is 15.5 Å². The van der Waals surface area contributed by atoms with E-state index in [1.807, 2.05) is 0 Å². The summed E-state index contributed by atoms with van der Waals surface area (Å²) in [5.41, 5.74) is 0.120. The van der Waals surface area contributed by atoms with Crippen molar-refractivity contribution in [3.63, 3.8) is 0 Å². The van der Waals surface area contributed by atoms with Gasteiger partial charge in [-0.2, -0.15) is 0 Å². The van der Waals surface area contributed by atoms with Crippen molar-refractivity contribution >= 4 is 11.9 Å². The van der Waals surface area contributed by atoms with E-state index in [9.17, 15) is 18.4 Å². The molecule has 0 saturated carbocycles. The normalized spacial score (nSPS) is 16.8. The molecule has 1 saturated heterocycles. The molecule has 3 amide bonds. The number of hydrogen-bond donors (Lipinski definition) is 2. The number of nitrogens with one attached hydrogen (secondary N) is 2. The van der Waals surface area contributed by atoms with Crippen LogP contribution in [0.4, 0.5) is 13.6 Å². The number of rotatable bonds is 6. The maximum absolute atomic E-state index is 13.9. The molecule has 0 spiro atoms. The first-order valence-electron chi connectivity index (χ1n) is 8.20. The minimum absolute atomic E-state index is 0.0947. The van der Waals surface area contributed by atoms with E-state index in [-0.39, 0.29) is 17.5 Å². The van der Waals surface area contributed by atoms with Gasteiger partial charge in [0.05, 0.1) is 6.04 Å². The Hall–Kier alpha value is -2.18. The van der Waals surface area contributed by atoms with E-state index in [0.29, 0.717) is 25.9 Å². The van der Waals surface area contributed by atoms with Crippen molar-refractivity contribution in [2.24, 2.45) is 0 Å². The molecule has 0 bridgehead atoms. The van der Waals surface area contributed by atoms with Crippen LogP contribution >= 0.6 is 0 Å². The first kappa shape index (κ1) is 18.2. The van der Waals surface area contributed by atoms with Gasteiger partial charge < -0.3 is 15.5 Å². The minimum Gasteiger partial charge on any atom is -0.341 e. The molecule has 2 unspecified atom stereocenters. The molecular formula is C17H23F2N3O2. The highest BCUT2D eigenvalue weighted by molar-refractivity contribution is 5.78. The molecule has 132 valence electrons. The second-order valence-electron chi connectivity index (χ2n) is 6.09. The highest BCUT2D eigenvalue weighted by Crippen LogP contribution is 2.21. The van der Waals surface area contributed by atoms with Gasteiger partial charge >= 0.3 is 6.03 Å². The molecule has 2 rings (SSSR count). The molecular weight excluding hydrogens is 316 g/mol. The number of halogens is 2. The summed E-state index contributed by atoms with van der Waals surface area (Å²) in [5, 5.41) is 5.39. The minimum atomic E-state index is -0.624. The van der Waals surface area contributed by atoms with E-state index in [4.69, 9.17) is 0 Å². The monoisotopic (exact) mass is 339 g/mol. The van der Waals surface area contributed by atoms with Crippen LogP contribution < -0.4 is 10.6 Å². The molecule has 7 heteroatoms. The third-order valence-corrected chi connectivity index (χ3v) is 4.09. The molecule has 1 aromatic carbocycles. The van der Waals surface area contributed by atoms with Crippen LogP contribution in [0.5, 0.6) is 0 Å². The summed E-state index contributed by atoms with van der Waals surface area (Å²) in [7, 11) is 0. The molecule has 0 radical (unpaired) electrons. The lowest BCUT2D eigenvalue weighted by atomic mass is 10.0. The Morgan fingerprint density at radius 2 is 2.08 bits per heavy atom. The fraction of sp³-hybridized carbons (Fsp3) is 0.529. The zero-order chi connectivity index (χ0) is 17.7. The third kappa shape index (κ3) is 4.66. The molecule has 1 aromatic rings. The van der Waals surface area contributed by atoms with Crippen LogP contribution in [0.25, 0.3) is 0 Å². The SMILES string of the molecule is CCC(NC(=O)NC(C)CN1CCCC1=O)c1cc(F)ccc1F. The van der Waals surface area contributed by atoms with Crippen LogP contribution in [0.15, 0.2) is 18.2 Å². The van der Waals surface area contributed by atoms with Gasteiger partial charge in [0, 0.05) is 31.1 Å². The summed E-state index contributed by atoms with van der Waals surface area (Å²) >= 11 is 0. The number of carbonyl (C=O) groups excluding carboxylic acids is 2. The van der Waals surface area contributed by atoms with Crippen LogP contribution in [0.3, 0.4) is 0 Å². The van der Waals surface area contributed by atoms with Gasteiger partial charge in [-0.25, -0.2) is 13.6 Å². The van der Waals surface area contributed by atoms with E-state index < -0.39 is 23.7 Å². The topological polar surface area (TPSA) is 61.4 Å². The zero-order valence-electron chi connectivity index (χ0n) is 13.9. The fourth-order valence-corrected chi connectivity index (χ4v) is 2.88. The number of amides is 3. The van der Waals surface area contributed by atoms with Gasteiger partial charge in [0.2, 0.25) is 5.91 Å². The summed E-state index contributed by atoms with van der Waals surface area (Å²) in [4.78, 5) is 25.4. The smallest absolute Gasteiger partial charge is 0.315 e. The summed E-state index contributed by atoms with van der Waals surface area (Å²) in [5.74, 6) is -1.01. The molecule has 5 nitrogen and oxygen atoms in total. The van der Waals surface area contributed by atoms with E-state index in [1.54, 1.807) is 18.7 Å². The second kappa shape index (κ2) is 8.08. The molecule has 1 aliphatic rings. The van der Waals surface area contributed by atoms with Gasteiger partial charge in [0.1, 0.15) is 11.6 Å². The third-order valence-electron chi connectivity index (χ3n) is 4.09. The average molecular weight is 339 g/mol. The summed E-state index contributed by atoms with van der Waals surface area (Å²) in [6.07, 6.45) is 1.82. The Bertz CT molecular complexity index is 609. The summed E-state index contributed by atoms with van der Waals surface area (Å²) in [6.45, 7) is 4.73. The number of carbonyl (C=O) groups is 2. The number of benzene rings is 1. The van der Waals surface area contributed by atoms with E-state index in [0.717, 1.165) is 24.6 Å². The maximum atomic E-state index is 13.9. The molecule has 0 aromatic heterocycles. The van der Waals surface area contributed by atoms with E-state index >= 15 is 0 Å². The lowest BCUT2D eigenvalue weighted by Crippen LogP contribution is -2.47. The highest BCUT2D eigenvalue weighted by atomic mass is 19.1. The van der Waals surface area contributed by atoms with Gasteiger partial charge in [-0.05, 0) is 38.0 Å². The number of nitrogens with zero attached hydrogens (tertiary/aromatic N) is 1. The summed E-state index contributed by atoms with van der Waals surface area (Å²) in [6, 6.07) is 1.86. The van der Waals surface area contributed by atoms with Crippen LogP contribution in [0.2, 0.25) is 0 Å². The lowest BCUT2D eigenvalue weighted by Gasteiger charge is -2.24. The van der Waals surface area contributed by atoms with Crippen LogP contribution in [-0.2, 0) is 4.79 Å². The largest absolute Gasteiger partial charge is 0.341 e. The lowest BCUT2D eigenvalue weighted by molar-refractivity contribution is -0.127. The molecule has 2 atom stereocenters. The molecule has 1 aliphatic heterocycles. The van der Waals surface area contributed by atoms with Gasteiger partial charge in [0.15, 0.2) is 0 Å². The van der Waals surface area contributed by atoms with Gasteiger partial charge in [-0.1, -0.05) is 6.92 Å². The first-order valence-corrected chi connectivity index (χ1v) is 8.20. The Morgan fingerprint density at radius 1 is 1.33 bits per heavy atom. The highest BCUT2D eigenvalue weighted by Gasteiger charge is 2.23. The number of likely N-dealkylation sites (tertiary alicyclic amines) is 1. The Labute approximate surface area is 140 Å². The van der Waals surface area contributed by atoms with Crippen LogP contribution in [0.1, 0.15) is 44.7 Å². The predicted molar refractivity (Wildman–Crippen MR) is 86.3 cm³/mol. The molecule has 24 heavy (non-hydrogen) atoms. The average Bonchev–Trinajstić information content (AvgIpc) is 2.92.